The number of amides is 3. The van der Waals surface area contributed by atoms with E-state index >= 15 is 0 Å². The van der Waals surface area contributed by atoms with E-state index in [4.69, 9.17) is 9.39 Å². The number of hydrogen-bond acceptors (Lipinski definition) is 4. The topological polar surface area (TPSA) is 67.9 Å². The number of nitrogens with zero attached hydrogens (tertiary/aromatic N) is 1. The molecule has 1 saturated carbocycles. The molecule has 3 aliphatic rings. The van der Waals surface area contributed by atoms with Gasteiger partial charge in [0.25, 0.3) is 5.91 Å². The van der Waals surface area contributed by atoms with Gasteiger partial charge in [0.15, 0.2) is 5.54 Å². The molecule has 1 saturated heterocycles. The summed E-state index contributed by atoms with van der Waals surface area (Å²) >= 11 is 0. The molecule has 1 aromatic carbocycles. The third-order valence-corrected chi connectivity index (χ3v) is 8.95. The van der Waals surface area contributed by atoms with Gasteiger partial charge < -0.3 is 14.7 Å². The number of carbonyl (C=O) groups excluding carboxylic acids is 2. The molecule has 2 aliphatic carbocycles. The van der Waals surface area contributed by atoms with Crippen molar-refractivity contribution in [2.24, 2.45) is 10.8 Å². The molecule has 1 heterocycles. The molecule has 34 heavy (non-hydrogen) atoms. The number of benzene rings is 1. The van der Waals surface area contributed by atoms with Crippen LogP contribution in [0.1, 0.15) is 85.3 Å². The van der Waals surface area contributed by atoms with Crippen LogP contribution in [0.2, 0.25) is 0 Å². The lowest BCUT2D eigenvalue weighted by Crippen LogP contribution is -2.57. The smallest absolute Gasteiger partial charge is 0.330 e. The Hall–Kier alpha value is -1.86. The Balaban J connectivity index is 1.75. The second-order valence-electron chi connectivity index (χ2n) is 12.3. The molecule has 0 bridgehead atoms. The van der Waals surface area contributed by atoms with Gasteiger partial charge in [0.2, 0.25) is 0 Å². The highest BCUT2D eigenvalue weighted by molar-refractivity contribution is 6.47. The van der Waals surface area contributed by atoms with Crippen molar-refractivity contribution in [1.82, 2.24) is 10.2 Å². The summed E-state index contributed by atoms with van der Waals surface area (Å²) in [5, 5.41) is 3.23. The van der Waals surface area contributed by atoms with Crippen LogP contribution in [0, 0.1) is 10.8 Å². The predicted molar refractivity (Wildman–Crippen MR) is 134 cm³/mol. The Morgan fingerprint density at radius 3 is 2.29 bits per heavy atom. The fourth-order valence-corrected chi connectivity index (χ4v) is 5.83. The Bertz CT molecular complexity index is 975. The molecule has 1 N–H and O–H groups in total. The van der Waals surface area contributed by atoms with E-state index < -0.39 is 5.54 Å². The van der Waals surface area contributed by atoms with Crippen LogP contribution in [0.4, 0.5) is 4.79 Å². The fraction of sp³-hybridized carbons (Fsp3) is 0.704. The minimum absolute atomic E-state index is 0.0430. The van der Waals surface area contributed by atoms with Crippen molar-refractivity contribution in [1.29, 1.82) is 0 Å². The molecule has 7 heteroatoms. The molecule has 1 unspecified atom stereocenters. The van der Waals surface area contributed by atoms with Crippen molar-refractivity contribution in [2.45, 2.75) is 104 Å². The van der Waals surface area contributed by atoms with Crippen LogP contribution in [-0.4, -0.2) is 49.2 Å². The van der Waals surface area contributed by atoms with Crippen LogP contribution < -0.4 is 10.8 Å². The van der Waals surface area contributed by atoms with E-state index in [1.165, 1.54) is 4.90 Å². The van der Waals surface area contributed by atoms with Crippen molar-refractivity contribution >= 4 is 24.9 Å². The van der Waals surface area contributed by atoms with Gasteiger partial charge in [0.05, 0.1) is 11.7 Å². The van der Waals surface area contributed by atoms with Crippen LogP contribution in [0.25, 0.3) is 0 Å². The quantitative estimate of drug-likeness (QED) is 0.524. The molecule has 1 aromatic rings. The summed E-state index contributed by atoms with van der Waals surface area (Å²) in [4.78, 5) is 28.6. The lowest BCUT2D eigenvalue weighted by atomic mass is 9.61. The Morgan fingerprint density at radius 1 is 1.12 bits per heavy atom. The van der Waals surface area contributed by atoms with Crippen molar-refractivity contribution in [3.05, 3.63) is 29.3 Å². The Morgan fingerprint density at radius 2 is 1.76 bits per heavy atom. The van der Waals surface area contributed by atoms with Crippen LogP contribution in [0.3, 0.4) is 0 Å². The fourth-order valence-electron chi connectivity index (χ4n) is 5.83. The Kier molecular flexibility index (Phi) is 6.22. The molecule has 4 rings (SSSR count). The number of imide groups is 1. The second-order valence-corrected chi connectivity index (χ2v) is 12.3. The van der Waals surface area contributed by atoms with Crippen molar-refractivity contribution in [3.8, 4) is 0 Å². The maximum Gasteiger partial charge on any atom is 0.330 e. The van der Waals surface area contributed by atoms with Crippen molar-refractivity contribution in [3.63, 3.8) is 0 Å². The number of methoxy groups -OCH3 is 1. The normalized spacial score (nSPS) is 29.3. The summed E-state index contributed by atoms with van der Waals surface area (Å²) in [6.45, 7) is 14.4. The number of carbonyl (C=O) groups is 2. The molecule has 185 valence electrons. The van der Waals surface area contributed by atoms with Gasteiger partial charge in [-0.1, -0.05) is 44.4 Å². The van der Waals surface area contributed by atoms with E-state index in [2.05, 4.69) is 58.1 Å². The minimum Gasteiger partial charge on any atom is -0.429 e. The van der Waals surface area contributed by atoms with Gasteiger partial charge in [0, 0.05) is 18.6 Å². The van der Waals surface area contributed by atoms with Crippen molar-refractivity contribution < 1.29 is 19.0 Å². The summed E-state index contributed by atoms with van der Waals surface area (Å²) in [5.74, 6) is -0.116. The third kappa shape index (κ3) is 3.70. The summed E-state index contributed by atoms with van der Waals surface area (Å²) in [6, 6.07) is 5.75. The number of rotatable bonds is 5. The SMILES string of the molecule is COC1CCC2(CC1)Cc1ccc([B]OC(C)(C)C(C)(C)C)cc1C21NC(=O)N(C(C)C)C1=O. The number of urea groups is 1. The lowest BCUT2D eigenvalue weighted by Gasteiger charge is -2.46. The zero-order valence-electron chi connectivity index (χ0n) is 22.1. The van der Waals surface area contributed by atoms with Crippen LogP contribution >= 0.6 is 0 Å². The average molecular weight is 467 g/mol. The summed E-state index contributed by atoms with van der Waals surface area (Å²) in [7, 11) is 3.56. The zero-order valence-corrected chi connectivity index (χ0v) is 22.1. The van der Waals surface area contributed by atoms with Crippen LogP contribution in [0.15, 0.2) is 18.2 Å². The zero-order chi connectivity index (χ0) is 25.1. The monoisotopic (exact) mass is 467 g/mol. The molecular formula is C27H40BN2O4. The van der Waals surface area contributed by atoms with Gasteiger partial charge in [-0.25, -0.2) is 4.79 Å². The number of fused-ring (bicyclic) bond motifs is 3. The number of hydrogen-bond donors (Lipinski definition) is 1. The highest BCUT2D eigenvalue weighted by Crippen LogP contribution is 2.59. The Labute approximate surface area is 205 Å². The second kappa shape index (κ2) is 8.37. The maximum absolute atomic E-state index is 14.1. The lowest BCUT2D eigenvalue weighted by molar-refractivity contribution is -0.139. The average Bonchev–Trinajstić information content (AvgIpc) is 3.18. The maximum atomic E-state index is 14.1. The number of nitrogens with one attached hydrogen (secondary N) is 1. The van der Waals surface area contributed by atoms with Gasteiger partial charge in [0.1, 0.15) is 0 Å². The van der Waals surface area contributed by atoms with E-state index in [-0.39, 0.29) is 40.5 Å². The molecule has 1 atom stereocenters. The molecule has 2 spiro atoms. The predicted octanol–water partition coefficient (Wildman–Crippen LogP) is 4.06. The standard InChI is InChI=1S/C27H40BN2O4/c1-17(2)30-22(31)27(29-23(30)32)21-15-19(28-34-25(6,7)24(3,4)5)10-9-18(21)16-26(27)13-11-20(33-8)12-14-26/h9-10,15,17,20H,11-14,16H2,1-8H3,(H,29,32). The first kappa shape index (κ1) is 25.2. The summed E-state index contributed by atoms with van der Waals surface area (Å²) < 4.78 is 11.9. The highest BCUT2D eigenvalue weighted by atomic mass is 16.5. The van der Waals surface area contributed by atoms with Gasteiger partial charge in [-0.05, 0) is 76.3 Å². The van der Waals surface area contributed by atoms with E-state index in [1.807, 2.05) is 13.8 Å². The van der Waals surface area contributed by atoms with E-state index in [0.29, 0.717) is 0 Å². The first-order valence-electron chi connectivity index (χ1n) is 12.6. The van der Waals surface area contributed by atoms with E-state index in [0.717, 1.165) is 48.7 Å². The highest BCUT2D eigenvalue weighted by Gasteiger charge is 2.68. The van der Waals surface area contributed by atoms with E-state index in [9.17, 15) is 9.59 Å². The van der Waals surface area contributed by atoms with Gasteiger partial charge in [-0.15, -0.1) is 0 Å². The van der Waals surface area contributed by atoms with Gasteiger partial charge in [-0.3, -0.25) is 9.69 Å². The molecule has 1 radical (unpaired) electrons. The first-order valence-corrected chi connectivity index (χ1v) is 12.6. The van der Waals surface area contributed by atoms with E-state index in [1.54, 1.807) is 14.6 Å². The molecule has 6 nitrogen and oxygen atoms in total. The molecule has 1 aliphatic heterocycles. The largest absolute Gasteiger partial charge is 0.429 e. The van der Waals surface area contributed by atoms with Gasteiger partial charge >= 0.3 is 13.5 Å². The van der Waals surface area contributed by atoms with Crippen molar-refractivity contribution in [2.75, 3.05) is 7.11 Å². The van der Waals surface area contributed by atoms with Crippen LogP contribution in [0.5, 0.6) is 0 Å². The molecule has 2 fully saturated rings. The van der Waals surface area contributed by atoms with Crippen LogP contribution in [-0.2, 0) is 26.1 Å². The molecule has 0 aromatic heterocycles. The summed E-state index contributed by atoms with van der Waals surface area (Å²) in [5.41, 5.74) is 1.19. The number of ether oxygens (including phenoxy) is 1. The molecule has 3 amide bonds. The molecular weight excluding hydrogens is 427 g/mol. The summed E-state index contributed by atoms with van der Waals surface area (Å²) in [6.07, 6.45) is 4.44. The van der Waals surface area contributed by atoms with Gasteiger partial charge in [-0.2, -0.15) is 0 Å². The first-order chi connectivity index (χ1) is 15.8. The third-order valence-electron chi connectivity index (χ3n) is 8.95. The minimum atomic E-state index is -1.04.